The van der Waals surface area contributed by atoms with Crippen molar-refractivity contribution < 1.29 is 4.79 Å². The number of aldehydes is 1. The third-order valence-electron chi connectivity index (χ3n) is 3.34. The first kappa shape index (κ1) is 11.4. The fraction of sp³-hybridized carbons (Fsp3) is 0.692. The van der Waals surface area contributed by atoms with Crippen LogP contribution in [0.25, 0.3) is 0 Å². The molecular weight excluding hydrogens is 200 g/mol. The Morgan fingerprint density at radius 3 is 2.50 bits per heavy atom. The van der Waals surface area contributed by atoms with Gasteiger partial charge in [0.15, 0.2) is 6.29 Å². The van der Waals surface area contributed by atoms with Gasteiger partial charge >= 0.3 is 0 Å². The number of hydrogen-bond acceptors (Lipinski definition) is 2. The lowest BCUT2D eigenvalue weighted by Gasteiger charge is -2.25. The minimum atomic E-state index is -0.0425. The summed E-state index contributed by atoms with van der Waals surface area (Å²) in [4.78, 5) is 11.1. The first-order valence-corrected chi connectivity index (χ1v) is 6.07. The van der Waals surface area contributed by atoms with Crippen LogP contribution in [0.1, 0.15) is 68.4 Å². The van der Waals surface area contributed by atoms with Crippen molar-refractivity contribution in [1.29, 1.82) is 0 Å². The molecule has 1 fully saturated rings. The van der Waals surface area contributed by atoms with Gasteiger partial charge in [0.25, 0.3) is 0 Å². The van der Waals surface area contributed by atoms with Crippen LogP contribution >= 0.6 is 0 Å². The van der Waals surface area contributed by atoms with Crippen LogP contribution in [0.5, 0.6) is 0 Å². The van der Waals surface area contributed by atoms with Crippen molar-refractivity contribution in [3.63, 3.8) is 0 Å². The Balaban J connectivity index is 2.46. The lowest BCUT2D eigenvalue weighted by Crippen LogP contribution is -2.26. The number of hydrogen-bond donors (Lipinski definition) is 0. The summed E-state index contributed by atoms with van der Waals surface area (Å²) in [5.74, 6) is 0.530. The first-order chi connectivity index (χ1) is 7.54. The maximum absolute atomic E-state index is 11.1. The van der Waals surface area contributed by atoms with Crippen LogP contribution in [-0.2, 0) is 5.54 Å². The highest BCUT2D eigenvalue weighted by Gasteiger charge is 2.28. The average molecular weight is 220 g/mol. The van der Waals surface area contributed by atoms with Crippen molar-refractivity contribution in [2.45, 2.75) is 57.9 Å². The van der Waals surface area contributed by atoms with Gasteiger partial charge in [-0.2, -0.15) is 5.10 Å². The van der Waals surface area contributed by atoms with E-state index in [0.29, 0.717) is 5.92 Å². The van der Waals surface area contributed by atoms with Crippen molar-refractivity contribution in [3.05, 3.63) is 17.5 Å². The minimum Gasteiger partial charge on any atom is -0.298 e. The second-order valence-corrected chi connectivity index (χ2v) is 5.67. The smallest absolute Gasteiger partial charge is 0.153 e. The van der Waals surface area contributed by atoms with Gasteiger partial charge in [0.2, 0.25) is 0 Å². The van der Waals surface area contributed by atoms with Gasteiger partial charge in [-0.3, -0.25) is 9.48 Å². The van der Waals surface area contributed by atoms with Gasteiger partial charge in [-0.15, -0.1) is 0 Å². The van der Waals surface area contributed by atoms with E-state index in [9.17, 15) is 4.79 Å². The van der Waals surface area contributed by atoms with Gasteiger partial charge < -0.3 is 0 Å². The van der Waals surface area contributed by atoms with Crippen molar-refractivity contribution in [3.8, 4) is 0 Å². The summed E-state index contributed by atoms with van der Waals surface area (Å²) in [7, 11) is 0. The fourth-order valence-corrected chi connectivity index (χ4v) is 2.60. The van der Waals surface area contributed by atoms with Crippen molar-refractivity contribution in [1.82, 2.24) is 9.78 Å². The molecule has 0 aromatic carbocycles. The van der Waals surface area contributed by atoms with E-state index < -0.39 is 0 Å². The summed E-state index contributed by atoms with van der Waals surface area (Å²) < 4.78 is 2.03. The van der Waals surface area contributed by atoms with E-state index in [1.165, 1.54) is 25.7 Å². The molecule has 88 valence electrons. The Kier molecular flexibility index (Phi) is 2.87. The molecule has 0 unspecified atom stereocenters. The summed E-state index contributed by atoms with van der Waals surface area (Å²) >= 11 is 0. The minimum absolute atomic E-state index is 0.0425. The van der Waals surface area contributed by atoms with E-state index in [-0.39, 0.29) is 5.54 Å². The van der Waals surface area contributed by atoms with Crippen LogP contribution < -0.4 is 0 Å². The zero-order valence-corrected chi connectivity index (χ0v) is 10.4. The third kappa shape index (κ3) is 1.91. The SMILES string of the molecule is CC(C)(C)n1ncc(C=O)c1C1CCCC1. The molecule has 1 heterocycles. The summed E-state index contributed by atoms with van der Waals surface area (Å²) in [6.07, 6.45) is 7.61. The molecule has 2 rings (SSSR count). The zero-order valence-electron chi connectivity index (χ0n) is 10.4. The van der Waals surface area contributed by atoms with E-state index in [2.05, 4.69) is 25.9 Å². The molecule has 0 saturated heterocycles. The van der Waals surface area contributed by atoms with Crippen molar-refractivity contribution >= 4 is 6.29 Å². The highest BCUT2D eigenvalue weighted by molar-refractivity contribution is 5.76. The van der Waals surface area contributed by atoms with E-state index in [1.54, 1.807) is 6.20 Å². The van der Waals surface area contributed by atoms with Gasteiger partial charge in [0, 0.05) is 5.92 Å². The van der Waals surface area contributed by atoms with Gasteiger partial charge in [-0.1, -0.05) is 12.8 Å². The Bertz CT molecular complexity index is 381. The molecule has 3 nitrogen and oxygen atoms in total. The summed E-state index contributed by atoms with van der Waals surface area (Å²) in [5, 5.41) is 4.39. The molecule has 0 N–H and O–H groups in total. The van der Waals surface area contributed by atoms with Gasteiger partial charge in [-0.05, 0) is 33.6 Å². The molecule has 0 radical (unpaired) electrons. The molecule has 0 atom stereocenters. The number of aromatic nitrogens is 2. The standard InChI is InChI=1S/C13H20N2O/c1-13(2,3)15-12(10-6-4-5-7-10)11(9-16)8-14-15/h8-10H,4-7H2,1-3H3. The molecule has 0 bridgehead atoms. The zero-order chi connectivity index (χ0) is 11.8. The molecule has 0 amide bonds. The molecule has 1 saturated carbocycles. The predicted molar refractivity (Wildman–Crippen MR) is 63.8 cm³/mol. The van der Waals surface area contributed by atoms with Crippen LogP contribution in [-0.4, -0.2) is 16.1 Å². The van der Waals surface area contributed by atoms with Gasteiger partial charge in [-0.25, -0.2) is 0 Å². The Morgan fingerprint density at radius 1 is 1.38 bits per heavy atom. The lowest BCUT2D eigenvalue weighted by molar-refractivity contribution is 0.112. The van der Waals surface area contributed by atoms with Crippen molar-refractivity contribution in [2.75, 3.05) is 0 Å². The largest absolute Gasteiger partial charge is 0.298 e. The summed E-state index contributed by atoms with van der Waals surface area (Å²) in [5.41, 5.74) is 1.89. The Hall–Kier alpha value is -1.12. The molecule has 1 aliphatic rings. The average Bonchev–Trinajstić information content (AvgIpc) is 2.84. The molecule has 16 heavy (non-hydrogen) atoms. The van der Waals surface area contributed by atoms with Crippen LogP contribution in [0.4, 0.5) is 0 Å². The van der Waals surface area contributed by atoms with Crippen LogP contribution in [0.15, 0.2) is 6.20 Å². The molecule has 0 aliphatic heterocycles. The summed E-state index contributed by atoms with van der Waals surface area (Å²) in [6.45, 7) is 6.40. The normalized spacial score (nSPS) is 17.9. The summed E-state index contributed by atoms with van der Waals surface area (Å²) in [6, 6.07) is 0. The third-order valence-corrected chi connectivity index (χ3v) is 3.34. The quantitative estimate of drug-likeness (QED) is 0.718. The van der Waals surface area contributed by atoms with Crippen LogP contribution in [0, 0.1) is 0 Å². The molecule has 0 spiro atoms. The second-order valence-electron chi connectivity index (χ2n) is 5.67. The Labute approximate surface area is 96.8 Å². The number of nitrogens with zero attached hydrogens (tertiary/aromatic N) is 2. The Morgan fingerprint density at radius 2 is 2.00 bits per heavy atom. The number of carbonyl (C=O) groups is 1. The molecule has 3 heteroatoms. The van der Waals surface area contributed by atoms with E-state index >= 15 is 0 Å². The van der Waals surface area contributed by atoms with Gasteiger partial charge in [0.1, 0.15) is 0 Å². The maximum atomic E-state index is 11.1. The first-order valence-electron chi connectivity index (χ1n) is 6.07. The van der Waals surface area contributed by atoms with Crippen molar-refractivity contribution in [2.24, 2.45) is 0 Å². The molecule has 1 aliphatic carbocycles. The van der Waals surface area contributed by atoms with E-state index in [1.807, 2.05) is 4.68 Å². The van der Waals surface area contributed by atoms with E-state index in [4.69, 9.17) is 0 Å². The highest BCUT2D eigenvalue weighted by Crippen LogP contribution is 2.37. The van der Waals surface area contributed by atoms with E-state index in [0.717, 1.165) is 17.5 Å². The van der Waals surface area contributed by atoms with Gasteiger partial charge in [0.05, 0.1) is 23.0 Å². The molecule has 1 aromatic heterocycles. The lowest BCUT2D eigenvalue weighted by atomic mass is 9.98. The predicted octanol–water partition coefficient (Wildman–Crippen LogP) is 3.11. The highest BCUT2D eigenvalue weighted by atomic mass is 16.1. The molecule has 1 aromatic rings. The monoisotopic (exact) mass is 220 g/mol. The van der Waals surface area contributed by atoms with Crippen LogP contribution in [0.2, 0.25) is 0 Å². The molecular formula is C13H20N2O. The number of carbonyl (C=O) groups excluding carboxylic acids is 1. The second kappa shape index (κ2) is 4.04. The maximum Gasteiger partial charge on any atom is 0.153 e. The number of rotatable bonds is 2. The fourth-order valence-electron chi connectivity index (χ4n) is 2.60. The topological polar surface area (TPSA) is 34.9 Å². The van der Waals surface area contributed by atoms with Crippen LogP contribution in [0.3, 0.4) is 0 Å².